The first-order valence-electron chi connectivity index (χ1n) is 5.84. The Morgan fingerprint density at radius 1 is 0.750 bits per heavy atom. The van der Waals surface area contributed by atoms with Crippen LogP contribution in [0.3, 0.4) is 0 Å². The Morgan fingerprint density at radius 3 is 1.30 bits per heavy atom. The molecule has 0 rings (SSSR count). The second-order valence-corrected chi connectivity index (χ2v) is 8.16. The van der Waals surface area contributed by atoms with Crippen molar-refractivity contribution in [1.29, 1.82) is 0 Å². The average Bonchev–Trinajstić information content (AvgIpc) is 2.26. The minimum Gasteiger partial charge on any atom is -0.465 e. The standard InChI is InChI=1S/C10H18O8S2/c1-3-17-9(11)7-19(13,14)5-6-20(15,16)8-10(12)18-4-2/h3-8H2,1-2H3. The van der Waals surface area contributed by atoms with Gasteiger partial charge in [-0.1, -0.05) is 0 Å². The summed E-state index contributed by atoms with van der Waals surface area (Å²) < 4.78 is 54.9. The van der Waals surface area contributed by atoms with Gasteiger partial charge in [0.2, 0.25) is 0 Å². The molecule has 0 heterocycles. The van der Waals surface area contributed by atoms with Crippen molar-refractivity contribution in [3.8, 4) is 0 Å². The number of rotatable bonds is 9. The summed E-state index contributed by atoms with van der Waals surface area (Å²) >= 11 is 0. The van der Waals surface area contributed by atoms with Gasteiger partial charge in [0.15, 0.2) is 19.7 Å². The van der Waals surface area contributed by atoms with Crippen molar-refractivity contribution in [1.82, 2.24) is 0 Å². The summed E-state index contributed by atoms with van der Waals surface area (Å²) in [5, 5.41) is 0. The van der Waals surface area contributed by atoms with E-state index in [1.807, 2.05) is 0 Å². The van der Waals surface area contributed by atoms with Crippen LogP contribution in [-0.4, -0.2) is 65.0 Å². The molecule has 0 saturated heterocycles. The van der Waals surface area contributed by atoms with E-state index in [4.69, 9.17) is 0 Å². The molecule has 0 aromatic carbocycles. The van der Waals surface area contributed by atoms with Crippen LogP contribution in [0.25, 0.3) is 0 Å². The van der Waals surface area contributed by atoms with Crippen molar-refractivity contribution in [2.75, 3.05) is 36.2 Å². The molecular weight excluding hydrogens is 312 g/mol. The lowest BCUT2D eigenvalue weighted by molar-refractivity contribution is -0.140. The molecule has 0 N–H and O–H groups in total. The Bertz CT molecular complexity index is 482. The molecule has 0 unspecified atom stereocenters. The SMILES string of the molecule is CCOC(=O)CS(=O)(=O)CCS(=O)(=O)CC(=O)OCC. The molecule has 0 aromatic rings. The van der Waals surface area contributed by atoms with Gasteiger partial charge in [-0.25, -0.2) is 16.8 Å². The Kier molecular flexibility index (Phi) is 7.72. The van der Waals surface area contributed by atoms with Crippen LogP contribution in [0.4, 0.5) is 0 Å². The fourth-order valence-corrected chi connectivity index (χ4v) is 4.37. The van der Waals surface area contributed by atoms with Crippen LogP contribution >= 0.6 is 0 Å². The van der Waals surface area contributed by atoms with Crippen LogP contribution in [0.2, 0.25) is 0 Å². The second kappa shape index (κ2) is 8.20. The third-order valence-corrected chi connectivity index (χ3v) is 5.25. The largest absolute Gasteiger partial charge is 0.465 e. The number of carbonyl (C=O) groups is 2. The zero-order valence-electron chi connectivity index (χ0n) is 11.3. The van der Waals surface area contributed by atoms with Crippen LogP contribution < -0.4 is 0 Å². The molecule has 0 bridgehead atoms. The van der Waals surface area contributed by atoms with Crippen LogP contribution in [0, 0.1) is 0 Å². The van der Waals surface area contributed by atoms with Crippen molar-refractivity contribution >= 4 is 31.6 Å². The molecule has 118 valence electrons. The van der Waals surface area contributed by atoms with Crippen molar-refractivity contribution in [2.24, 2.45) is 0 Å². The van der Waals surface area contributed by atoms with Crippen molar-refractivity contribution in [3.05, 3.63) is 0 Å². The molecule has 0 aromatic heterocycles. The van der Waals surface area contributed by atoms with Gasteiger partial charge in [-0.15, -0.1) is 0 Å². The molecule has 0 aliphatic carbocycles. The molecule has 0 amide bonds. The highest BCUT2D eigenvalue weighted by molar-refractivity contribution is 7.95. The lowest BCUT2D eigenvalue weighted by Crippen LogP contribution is -2.28. The molecule has 0 aliphatic heterocycles. The zero-order chi connectivity index (χ0) is 15.8. The minimum atomic E-state index is -3.89. The number of ether oxygens (including phenoxy) is 2. The first-order chi connectivity index (χ1) is 9.12. The first-order valence-corrected chi connectivity index (χ1v) is 9.48. The Hall–Kier alpha value is -1.16. The number of hydrogen-bond acceptors (Lipinski definition) is 8. The Balaban J connectivity index is 4.45. The topological polar surface area (TPSA) is 121 Å². The summed E-state index contributed by atoms with van der Waals surface area (Å²) in [5.74, 6) is -5.11. The number of sulfone groups is 2. The summed E-state index contributed by atoms with van der Waals surface area (Å²) in [6, 6.07) is 0. The van der Waals surface area contributed by atoms with Gasteiger partial charge in [-0.2, -0.15) is 0 Å². The van der Waals surface area contributed by atoms with Crippen molar-refractivity contribution in [2.45, 2.75) is 13.8 Å². The van der Waals surface area contributed by atoms with Gasteiger partial charge in [0.25, 0.3) is 0 Å². The van der Waals surface area contributed by atoms with Gasteiger partial charge in [0, 0.05) is 0 Å². The quantitative estimate of drug-likeness (QED) is 0.491. The second-order valence-electron chi connectivity index (χ2n) is 3.79. The van der Waals surface area contributed by atoms with Crippen LogP contribution in [0.5, 0.6) is 0 Å². The van der Waals surface area contributed by atoms with Crippen molar-refractivity contribution < 1.29 is 35.9 Å². The molecule has 10 heteroatoms. The summed E-state index contributed by atoms with van der Waals surface area (Å²) in [4.78, 5) is 22.0. The zero-order valence-corrected chi connectivity index (χ0v) is 13.0. The molecule has 0 spiro atoms. The lowest BCUT2D eigenvalue weighted by Gasteiger charge is -2.06. The summed E-state index contributed by atoms with van der Waals surface area (Å²) in [6.07, 6.45) is 0. The highest BCUT2D eigenvalue weighted by Gasteiger charge is 2.24. The number of carbonyl (C=O) groups excluding carboxylic acids is 2. The van der Waals surface area contributed by atoms with Gasteiger partial charge in [0.05, 0.1) is 24.7 Å². The van der Waals surface area contributed by atoms with Crippen LogP contribution in [-0.2, 0) is 38.7 Å². The summed E-state index contributed by atoms with van der Waals surface area (Å²) in [5.41, 5.74) is 0. The maximum atomic E-state index is 11.5. The fourth-order valence-electron chi connectivity index (χ4n) is 1.16. The smallest absolute Gasteiger partial charge is 0.321 e. The van der Waals surface area contributed by atoms with E-state index in [0.29, 0.717) is 0 Å². The van der Waals surface area contributed by atoms with E-state index in [-0.39, 0.29) is 13.2 Å². The summed E-state index contributed by atoms with van der Waals surface area (Å²) in [7, 11) is -7.78. The van der Waals surface area contributed by atoms with E-state index in [1.54, 1.807) is 0 Å². The van der Waals surface area contributed by atoms with E-state index >= 15 is 0 Å². The third kappa shape index (κ3) is 8.86. The maximum Gasteiger partial charge on any atom is 0.321 e. The molecular formula is C10H18O8S2. The average molecular weight is 330 g/mol. The maximum absolute atomic E-state index is 11.5. The minimum absolute atomic E-state index is 0.0372. The van der Waals surface area contributed by atoms with Gasteiger partial charge >= 0.3 is 11.9 Å². The van der Waals surface area contributed by atoms with Gasteiger partial charge in [-0.05, 0) is 13.8 Å². The highest BCUT2D eigenvalue weighted by atomic mass is 32.2. The van der Waals surface area contributed by atoms with E-state index in [1.165, 1.54) is 13.8 Å². The Labute approximate surface area is 118 Å². The molecule has 20 heavy (non-hydrogen) atoms. The van der Waals surface area contributed by atoms with Crippen molar-refractivity contribution in [3.63, 3.8) is 0 Å². The molecule has 0 saturated carbocycles. The first kappa shape index (κ1) is 18.8. The fraction of sp³-hybridized carbons (Fsp3) is 0.800. The lowest BCUT2D eigenvalue weighted by atomic mass is 10.8. The number of hydrogen-bond donors (Lipinski definition) is 0. The normalized spacial score (nSPS) is 11.9. The molecule has 0 radical (unpaired) electrons. The van der Waals surface area contributed by atoms with E-state index in [2.05, 4.69) is 9.47 Å². The molecule has 0 fully saturated rings. The summed E-state index contributed by atoms with van der Waals surface area (Å²) in [6.45, 7) is 3.12. The predicted molar refractivity (Wildman–Crippen MR) is 70.6 cm³/mol. The highest BCUT2D eigenvalue weighted by Crippen LogP contribution is 1.99. The monoisotopic (exact) mass is 330 g/mol. The van der Waals surface area contributed by atoms with Crippen LogP contribution in [0.1, 0.15) is 13.8 Å². The van der Waals surface area contributed by atoms with Gasteiger partial charge in [0.1, 0.15) is 11.5 Å². The molecule has 8 nitrogen and oxygen atoms in total. The Morgan fingerprint density at radius 2 is 1.05 bits per heavy atom. The van der Waals surface area contributed by atoms with Crippen LogP contribution in [0.15, 0.2) is 0 Å². The number of esters is 2. The van der Waals surface area contributed by atoms with E-state index < -0.39 is 54.6 Å². The van der Waals surface area contributed by atoms with E-state index in [0.717, 1.165) is 0 Å². The molecule has 0 aliphatic rings. The molecule has 0 atom stereocenters. The van der Waals surface area contributed by atoms with E-state index in [9.17, 15) is 26.4 Å². The van der Waals surface area contributed by atoms with Gasteiger partial charge in [-0.3, -0.25) is 9.59 Å². The predicted octanol–water partition coefficient (Wildman–Crippen LogP) is -1.06. The third-order valence-electron chi connectivity index (χ3n) is 1.99. The van der Waals surface area contributed by atoms with Gasteiger partial charge < -0.3 is 9.47 Å².